The standard InChI is InChI=1S/C20H33N5OS/c1-3-19(26)25-12-9-16(15-25)23-20(21-4-2)22-14-17(18-8-7-13-27-18)24-10-5-6-11-24/h7-8,13,16-17H,3-6,9-12,14-15H2,1-2H3,(H2,21,22,23). The second-order valence-electron chi connectivity index (χ2n) is 7.32. The lowest BCUT2D eigenvalue weighted by molar-refractivity contribution is -0.129. The minimum absolute atomic E-state index is 0.244. The average Bonchev–Trinajstić information content (AvgIpc) is 3.44. The number of thiophene rings is 1. The van der Waals surface area contributed by atoms with Gasteiger partial charge in [0.2, 0.25) is 5.91 Å². The summed E-state index contributed by atoms with van der Waals surface area (Å²) in [7, 11) is 0. The zero-order chi connectivity index (χ0) is 19.1. The molecule has 6 nitrogen and oxygen atoms in total. The summed E-state index contributed by atoms with van der Waals surface area (Å²) in [5.41, 5.74) is 0. The highest BCUT2D eigenvalue weighted by Gasteiger charge is 2.27. The van der Waals surface area contributed by atoms with Crippen LogP contribution >= 0.6 is 11.3 Å². The highest BCUT2D eigenvalue weighted by molar-refractivity contribution is 7.10. The van der Waals surface area contributed by atoms with Crippen molar-refractivity contribution in [2.45, 2.75) is 51.6 Å². The summed E-state index contributed by atoms with van der Waals surface area (Å²) in [6, 6.07) is 5.01. The first-order valence-electron chi connectivity index (χ1n) is 10.3. The van der Waals surface area contributed by atoms with Crippen molar-refractivity contribution >= 4 is 23.2 Å². The number of carbonyl (C=O) groups is 1. The number of hydrogen-bond acceptors (Lipinski definition) is 4. The number of likely N-dealkylation sites (tertiary alicyclic amines) is 2. The van der Waals surface area contributed by atoms with E-state index >= 15 is 0 Å². The summed E-state index contributed by atoms with van der Waals surface area (Å²) in [5, 5.41) is 9.08. The Bertz CT molecular complexity index is 612. The van der Waals surface area contributed by atoms with Gasteiger partial charge >= 0.3 is 0 Å². The summed E-state index contributed by atoms with van der Waals surface area (Å²) >= 11 is 1.83. The van der Waals surface area contributed by atoms with E-state index in [1.165, 1.54) is 30.8 Å². The number of guanidine groups is 1. The van der Waals surface area contributed by atoms with Crippen LogP contribution in [0.5, 0.6) is 0 Å². The molecule has 7 heteroatoms. The van der Waals surface area contributed by atoms with Crippen LogP contribution in [0.3, 0.4) is 0 Å². The number of amides is 1. The molecule has 1 aromatic heterocycles. The van der Waals surface area contributed by atoms with E-state index < -0.39 is 0 Å². The number of nitrogens with one attached hydrogen (secondary N) is 2. The SMILES string of the molecule is CCNC(=NCC(c1cccs1)N1CCCC1)NC1CCN(C(=O)CC)C1. The summed E-state index contributed by atoms with van der Waals surface area (Å²) in [6.07, 6.45) is 4.14. The monoisotopic (exact) mass is 391 g/mol. The van der Waals surface area contributed by atoms with E-state index in [0.29, 0.717) is 12.5 Å². The molecule has 3 rings (SSSR count). The molecule has 0 radical (unpaired) electrons. The lowest BCUT2D eigenvalue weighted by Gasteiger charge is -2.26. The first-order chi connectivity index (χ1) is 13.2. The van der Waals surface area contributed by atoms with E-state index in [1.807, 2.05) is 23.2 Å². The maximum Gasteiger partial charge on any atom is 0.222 e. The van der Waals surface area contributed by atoms with E-state index in [2.05, 4.69) is 40.0 Å². The van der Waals surface area contributed by atoms with Crippen LogP contribution < -0.4 is 10.6 Å². The third-order valence-electron chi connectivity index (χ3n) is 5.40. The molecular formula is C20H33N5OS. The highest BCUT2D eigenvalue weighted by Crippen LogP contribution is 2.28. The summed E-state index contributed by atoms with van der Waals surface area (Å²) in [6.45, 7) is 9.57. The number of aliphatic imine (C=N–C) groups is 1. The normalized spacial score (nSPS) is 22.2. The molecule has 2 N–H and O–H groups in total. The third-order valence-corrected chi connectivity index (χ3v) is 6.38. The Hall–Kier alpha value is -1.60. The first kappa shape index (κ1) is 20.1. The van der Waals surface area contributed by atoms with E-state index in [0.717, 1.165) is 38.6 Å². The topological polar surface area (TPSA) is 60.0 Å². The van der Waals surface area contributed by atoms with Crippen molar-refractivity contribution in [2.24, 2.45) is 4.99 Å². The summed E-state index contributed by atoms with van der Waals surface area (Å²) in [5.74, 6) is 1.11. The largest absolute Gasteiger partial charge is 0.357 e. The van der Waals surface area contributed by atoms with Crippen LogP contribution in [0.1, 0.15) is 50.4 Å². The van der Waals surface area contributed by atoms with Gasteiger partial charge < -0.3 is 15.5 Å². The Morgan fingerprint density at radius 1 is 1.33 bits per heavy atom. The lowest BCUT2D eigenvalue weighted by Crippen LogP contribution is -2.45. The molecule has 2 fully saturated rings. The van der Waals surface area contributed by atoms with Crippen molar-refractivity contribution in [3.05, 3.63) is 22.4 Å². The van der Waals surface area contributed by atoms with Crippen LogP contribution in [0, 0.1) is 0 Å². The van der Waals surface area contributed by atoms with Gasteiger partial charge in [-0.3, -0.25) is 14.7 Å². The third kappa shape index (κ3) is 5.45. The lowest BCUT2D eigenvalue weighted by atomic mass is 10.2. The predicted octanol–water partition coefficient (Wildman–Crippen LogP) is 2.45. The molecule has 0 aromatic carbocycles. The van der Waals surface area contributed by atoms with Gasteiger partial charge in [0.1, 0.15) is 0 Å². The second kappa shape index (κ2) is 10.1. The molecule has 2 aliphatic rings. The number of carbonyl (C=O) groups excluding carboxylic acids is 1. The van der Waals surface area contributed by atoms with Crippen molar-refractivity contribution in [3.8, 4) is 0 Å². The van der Waals surface area contributed by atoms with Crippen molar-refractivity contribution < 1.29 is 4.79 Å². The van der Waals surface area contributed by atoms with Crippen molar-refractivity contribution in [1.29, 1.82) is 0 Å². The van der Waals surface area contributed by atoms with Crippen LogP contribution in [0.4, 0.5) is 0 Å². The van der Waals surface area contributed by atoms with Gasteiger partial charge in [0.15, 0.2) is 5.96 Å². The quantitative estimate of drug-likeness (QED) is 0.554. The maximum absolute atomic E-state index is 11.9. The molecule has 2 atom stereocenters. The number of rotatable bonds is 7. The van der Waals surface area contributed by atoms with Crippen LogP contribution in [0.2, 0.25) is 0 Å². The molecule has 27 heavy (non-hydrogen) atoms. The van der Waals surface area contributed by atoms with E-state index in [-0.39, 0.29) is 11.9 Å². The Balaban J connectivity index is 1.62. The average molecular weight is 392 g/mol. The summed E-state index contributed by atoms with van der Waals surface area (Å²) < 4.78 is 0. The molecule has 0 spiro atoms. The smallest absolute Gasteiger partial charge is 0.222 e. The fraction of sp³-hybridized carbons (Fsp3) is 0.700. The van der Waals surface area contributed by atoms with Crippen LogP contribution in [-0.2, 0) is 4.79 Å². The molecule has 3 heterocycles. The van der Waals surface area contributed by atoms with Crippen LogP contribution in [-0.4, -0.2) is 67.0 Å². The van der Waals surface area contributed by atoms with Gasteiger partial charge in [-0.05, 0) is 50.7 Å². The van der Waals surface area contributed by atoms with Crippen molar-refractivity contribution in [2.75, 3.05) is 39.3 Å². The zero-order valence-electron chi connectivity index (χ0n) is 16.6. The fourth-order valence-corrected chi connectivity index (χ4v) is 4.79. The molecule has 150 valence electrons. The number of nitrogens with zero attached hydrogens (tertiary/aromatic N) is 3. The van der Waals surface area contributed by atoms with Crippen LogP contribution in [0.25, 0.3) is 0 Å². The maximum atomic E-state index is 11.9. The van der Waals surface area contributed by atoms with E-state index in [4.69, 9.17) is 4.99 Å². The molecule has 2 aliphatic heterocycles. The van der Waals surface area contributed by atoms with Crippen molar-refractivity contribution in [1.82, 2.24) is 20.4 Å². The molecule has 0 bridgehead atoms. The summed E-state index contributed by atoms with van der Waals surface area (Å²) in [4.78, 5) is 22.8. The Morgan fingerprint density at radius 3 is 2.81 bits per heavy atom. The van der Waals surface area contributed by atoms with Gasteiger partial charge in [-0.2, -0.15) is 0 Å². The molecule has 0 aliphatic carbocycles. The number of hydrogen-bond donors (Lipinski definition) is 2. The fourth-order valence-electron chi connectivity index (χ4n) is 3.94. The van der Waals surface area contributed by atoms with Gasteiger partial charge in [-0.1, -0.05) is 13.0 Å². The Morgan fingerprint density at radius 2 is 2.15 bits per heavy atom. The van der Waals surface area contributed by atoms with Crippen LogP contribution in [0.15, 0.2) is 22.5 Å². The Kier molecular flexibility index (Phi) is 7.52. The van der Waals surface area contributed by atoms with Gasteiger partial charge in [-0.25, -0.2) is 0 Å². The Labute approximate surface area is 167 Å². The molecule has 1 aromatic rings. The van der Waals surface area contributed by atoms with Crippen molar-refractivity contribution in [3.63, 3.8) is 0 Å². The highest BCUT2D eigenvalue weighted by atomic mass is 32.1. The van der Waals surface area contributed by atoms with E-state index in [9.17, 15) is 4.79 Å². The minimum atomic E-state index is 0.244. The molecule has 1 amide bonds. The predicted molar refractivity (Wildman–Crippen MR) is 112 cm³/mol. The van der Waals surface area contributed by atoms with Gasteiger partial charge in [-0.15, -0.1) is 11.3 Å². The van der Waals surface area contributed by atoms with Gasteiger partial charge in [0.25, 0.3) is 0 Å². The molecule has 0 saturated carbocycles. The first-order valence-corrected chi connectivity index (χ1v) is 11.2. The molecule has 2 saturated heterocycles. The molecule has 2 unspecified atom stereocenters. The minimum Gasteiger partial charge on any atom is -0.357 e. The van der Waals surface area contributed by atoms with Gasteiger partial charge in [0, 0.05) is 37.0 Å². The second-order valence-corrected chi connectivity index (χ2v) is 8.30. The zero-order valence-corrected chi connectivity index (χ0v) is 17.4. The van der Waals surface area contributed by atoms with E-state index in [1.54, 1.807) is 0 Å². The van der Waals surface area contributed by atoms with Gasteiger partial charge in [0.05, 0.1) is 12.6 Å². The molecular weight excluding hydrogens is 358 g/mol.